The zero-order valence-electron chi connectivity index (χ0n) is 13.8. The predicted octanol–water partition coefficient (Wildman–Crippen LogP) is 2.46. The molecule has 1 aliphatic rings. The topological polar surface area (TPSA) is 75.4 Å². The van der Waals surface area contributed by atoms with Crippen LogP contribution in [-0.2, 0) is 0 Å². The van der Waals surface area contributed by atoms with E-state index in [2.05, 4.69) is 19.9 Å². The molecule has 0 saturated carbocycles. The molecule has 0 atom stereocenters. The van der Waals surface area contributed by atoms with E-state index in [1.165, 1.54) is 11.3 Å². The summed E-state index contributed by atoms with van der Waals surface area (Å²) in [4.78, 5) is 29.6. The second kappa shape index (κ2) is 6.64. The number of nitrogens with zero attached hydrogens (tertiary/aromatic N) is 5. The summed E-state index contributed by atoms with van der Waals surface area (Å²) in [5.74, 6) is 2.20. The molecule has 1 amide bonds. The third kappa shape index (κ3) is 3.25. The first-order valence-electron chi connectivity index (χ1n) is 8.04. The highest BCUT2D eigenvalue weighted by atomic mass is 32.1. The van der Waals surface area contributed by atoms with Gasteiger partial charge in [0, 0.05) is 44.0 Å². The van der Waals surface area contributed by atoms with Gasteiger partial charge in [-0.05, 0) is 25.1 Å². The van der Waals surface area contributed by atoms with Crippen molar-refractivity contribution < 1.29 is 9.21 Å². The highest BCUT2D eigenvalue weighted by molar-refractivity contribution is 7.13. The number of rotatable bonds is 3. The molecule has 1 aliphatic heterocycles. The van der Waals surface area contributed by atoms with Crippen LogP contribution in [0.1, 0.15) is 16.2 Å². The predicted molar refractivity (Wildman–Crippen MR) is 94.7 cm³/mol. The zero-order chi connectivity index (χ0) is 17.2. The Hall–Kier alpha value is -2.74. The van der Waals surface area contributed by atoms with Crippen molar-refractivity contribution in [1.29, 1.82) is 0 Å². The number of anilines is 1. The molecule has 25 heavy (non-hydrogen) atoms. The van der Waals surface area contributed by atoms with Gasteiger partial charge >= 0.3 is 0 Å². The molecule has 0 N–H and O–H groups in total. The summed E-state index contributed by atoms with van der Waals surface area (Å²) in [6.07, 6.45) is 3.46. The summed E-state index contributed by atoms with van der Waals surface area (Å²) < 4.78 is 5.57. The molecule has 0 spiro atoms. The van der Waals surface area contributed by atoms with Crippen molar-refractivity contribution in [2.75, 3.05) is 31.1 Å². The summed E-state index contributed by atoms with van der Waals surface area (Å²) in [6.45, 7) is 4.57. The highest BCUT2D eigenvalue weighted by Gasteiger charge is 2.25. The fourth-order valence-corrected chi connectivity index (χ4v) is 3.51. The number of carbonyl (C=O) groups is 1. The zero-order valence-corrected chi connectivity index (χ0v) is 14.6. The Kier molecular flexibility index (Phi) is 4.19. The molecule has 7 nitrogen and oxygen atoms in total. The summed E-state index contributed by atoms with van der Waals surface area (Å²) in [6, 6.07) is 5.56. The molecule has 4 rings (SSSR count). The lowest BCUT2D eigenvalue weighted by molar-refractivity contribution is 0.0741. The van der Waals surface area contributed by atoms with Crippen molar-refractivity contribution in [2.45, 2.75) is 6.92 Å². The fraction of sp³-hybridized carbons (Fsp3) is 0.294. The number of aryl methyl sites for hydroxylation is 1. The first-order valence-corrected chi connectivity index (χ1v) is 8.92. The van der Waals surface area contributed by atoms with Crippen molar-refractivity contribution in [3.63, 3.8) is 0 Å². The third-order valence-corrected chi connectivity index (χ3v) is 4.93. The van der Waals surface area contributed by atoms with Crippen molar-refractivity contribution in [3.05, 3.63) is 47.4 Å². The second-order valence-electron chi connectivity index (χ2n) is 5.78. The number of amides is 1. The van der Waals surface area contributed by atoms with Crippen LogP contribution in [-0.4, -0.2) is 51.9 Å². The molecule has 128 valence electrons. The molecule has 0 aliphatic carbocycles. The standard InChI is InChI=1S/C17H17N5O2S/c1-12-3-4-14(24-12)15-20-13(11-25-15)16(23)21-7-9-22(10-8-21)17-18-5-2-6-19-17/h2-6,11H,7-10H2,1H3. The summed E-state index contributed by atoms with van der Waals surface area (Å²) >= 11 is 1.42. The Balaban J connectivity index is 1.42. The number of thiazole rings is 1. The van der Waals surface area contributed by atoms with Gasteiger partial charge in [0.2, 0.25) is 5.95 Å². The maximum atomic E-state index is 12.7. The lowest BCUT2D eigenvalue weighted by Crippen LogP contribution is -2.49. The Labute approximate surface area is 149 Å². The first kappa shape index (κ1) is 15.8. The van der Waals surface area contributed by atoms with Crippen LogP contribution >= 0.6 is 11.3 Å². The van der Waals surface area contributed by atoms with E-state index in [0.29, 0.717) is 43.6 Å². The third-order valence-electron chi connectivity index (χ3n) is 4.08. The number of hydrogen-bond acceptors (Lipinski definition) is 7. The van der Waals surface area contributed by atoms with Crippen molar-refractivity contribution in [3.8, 4) is 10.8 Å². The molecule has 1 saturated heterocycles. The minimum absolute atomic E-state index is 0.0422. The Bertz CT molecular complexity index is 868. The van der Waals surface area contributed by atoms with E-state index in [4.69, 9.17) is 4.42 Å². The molecule has 3 aromatic rings. The second-order valence-corrected chi connectivity index (χ2v) is 6.63. The van der Waals surface area contributed by atoms with E-state index >= 15 is 0 Å². The Morgan fingerprint density at radius 1 is 1.16 bits per heavy atom. The number of hydrogen-bond donors (Lipinski definition) is 0. The largest absolute Gasteiger partial charge is 0.459 e. The summed E-state index contributed by atoms with van der Waals surface area (Å²) in [5.41, 5.74) is 0.471. The van der Waals surface area contributed by atoms with Gasteiger partial charge in [0.25, 0.3) is 5.91 Å². The molecule has 0 radical (unpaired) electrons. The van der Waals surface area contributed by atoms with Gasteiger partial charge in [-0.25, -0.2) is 15.0 Å². The quantitative estimate of drug-likeness (QED) is 0.718. The van der Waals surface area contributed by atoms with Crippen molar-refractivity contribution in [1.82, 2.24) is 19.9 Å². The van der Waals surface area contributed by atoms with Crippen LogP contribution in [0.2, 0.25) is 0 Å². The molecule has 3 aromatic heterocycles. The van der Waals surface area contributed by atoms with Crippen LogP contribution < -0.4 is 4.90 Å². The van der Waals surface area contributed by atoms with Gasteiger partial charge in [-0.3, -0.25) is 4.79 Å². The minimum Gasteiger partial charge on any atom is -0.459 e. The van der Waals surface area contributed by atoms with Crippen molar-refractivity contribution in [2.24, 2.45) is 0 Å². The molecule has 0 aromatic carbocycles. The lowest BCUT2D eigenvalue weighted by Gasteiger charge is -2.34. The maximum absolute atomic E-state index is 12.7. The van der Waals surface area contributed by atoms with Gasteiger partial charge in [-0.2, -0.15) is 0 Å². The fourth-order valence-electron chi connectivity index (χ4n) is 2.76. The normalized spacial score (nSPS) is 14.8. The minimum atomic E-state index is -0.0422. The Morgan fingerprint density at radius 2 is 1.92 bits per heavy atom. The Morgan fingerprint density at radius 3 is 2.60 bits per heavy atom. The molecule has 4 heterocycles. The van der Waals surface area contributed by atoms with E-state index in [1.807, 2.05) is 24.0 Å². The van der Waals surface area contributed by atoms with Gasteiger partial charge in [0.05, 0.1) is 0 Å². The molecule has 1 fully saturated rings. The average Bonchev–Trinajstić information content (AvgIpc) is 3.31. The molecule has 0 bridgehead atoms. The van der Waals surface area contributed by atoms with Gasteiger partial charge < -0.3 is 14.2 Å². The van der Waals surface area contributed by atoms with Gasteiger partial charge in [0.1, 0.15) is 11.5 Å². The number of carbonyl (C=O) groups excluding carboxylic acids is 1. The number of furan rings is 1. The average molecular weight is 355 g/mol. The monoisotopic (exact) mass is 355 g/mol. The number of piperazine rings is 1. The van der Waals surface area contributed by atoms with E-state index in [1.54, 1.807) is 23.8 Å². The molecular weight excluding hydrogens is 338 g/mol. The van der Waals surface area contributed by atoms with Crippen LogP contribution in [0.15, 0.2) is 40.4 Å². The van der Waals surface area contributed by atoms with E-state index in [-0.39, 0.29) is 5.91 Å². The highest BCUT2D eigenvalue weighted by Crippen LogP contribution is 2.26. The summed E-state index contributed by atoms with van der Waals surface area (Å²) in [5, 5.41) is 2.52. The van der Waals surface area contributed by atoms with Crippen molar-refractivity contribution >= 4 is 23.2 Å². The van der Waals surface area contributed by atoms with E-state index < -0.39 is 0 Å². The first-order chi connectivity index (χ1) is 12.2. The van der Waals surface area contributed by atoms with Crippen LogP contribution in [0.5, 0.6) is 0 Å². The van der Waals surface area contributed by atoms with Gasteiger partial charge in [-0.1, -0.05) is 0 Å². The van der Waals surface area contributed by atoms with E-state index in [0.717, 1.165) is 10.8 Å². The smallest absolute Gasteiger partial charge is 0.273 e. The molecule has 0 unspecified atom stereocenters. The van der Waals surface area contributed by atoms with Crippen LogP contribution in [0, 0.1) is 6.92 Å². The lowest BCUT2D eigenvalue weighted by atomic mass is 10.3. The van der Waals surface area contributed by atoms with E-state index in [9.17, 15) is 4.79 Å². The van der Waals surface area contributed by atoms with Gasteiger partial charge in [0.15, 0.2) is 10.8 Å². The van der Waals surface area contributed by atoms with Crippen LogP contribution in [0.25, 0.3) is 10.8 Å². The van der Waals surface area contributed by atoms with Gasteiger partial charge in [-0.15, -0.1) is 11.3 Å². The number of aromatic nitrogens is 3. The molecular formula is C17H17N5O2S. The SMILES string of the molecule is Cc1ccc(-c2nc(C(=O)N3CCN(c4ncccn4)CC3)cs2)o1. The van der Waals surface area contributed by atoms with Crippen LogP contribution in [0.4, 0.5) is 5.95 Å². The van der Waals surface area contributed by atoms with Crippen LogP contribution in [0.3, 0.4) is 0 Å². The molecule has 8 heteroatoms. The maximum Gasteiger partial charge on any atom is 0.273 e. The summed E-state index contributed by atoms with van der Waals surface area (Å²) in [7, 11) is 0.